The van der Waals surface area contributed by atoms with Crippen molar-refractivity contribution in [2.24, 2.45) is 5.92 Å². The number of ether oxygens (including phenoxy) is 2. The van der Waals surface area contributed by atoms with E-state index in [1.165, 1.54) is 0 Å². The highest BCUT2D eigenvalue weighted by Crippen LogP contribution is 2.42. The zero-order chi connectivity index (χ0) is 18.7. The van der Waals surface area contributed by atoms with Crippen molar-refractivity contribution >= 4 is 5.91 Å². The molecule has 0 saturated carbocycles. The molecule has 0 unspecified atom stereocenters. The van der Waals surface area contributed by atoms with Crippen LogP contribution < -0.4 is 0 Å². The molecule has 2 aromatic rings. The van der Waals surface area contributed by atoms with Gasteiger partial charge in [0.15, 0.2) is 0 Å². The Bertz CT molecular complexity index is 770. The van der Waals surface area contributed by atoms with Crippen molar-refractivity contribution in [3.63, 3.8) is 0 Å². The van der Waals surface area contributed by atoms with Crippen molar-refractivity contribution < 1.29 is 14.3 Å². The number of carbonyl (C=O) groups is 1. The number of aryl methyl sites for hydroxylation is 1. The van der Waals surface area contributed by atoms with E-state index in [4.69, 9.17) is 9.47 Å². The van der Waals surface area contributed by atoms with Crippen LogP contribution in [-0.4, -0.2) is 47.7 Å². The van der Waals surface area contributed by atoms with Crippen molar-refractivity contribution in [2.75, 3.05) is 26.3 Å². The number of aromatic nitrogens is 1. The number of pyridine rings is 1. The lowest BCUT2D eigenvalue weighted by atomic mass is 9.79. The number of rotatable bonds is 6. The Hall–Kier alpha value is -2.24. The molecule has 2 fully saturated rings. The van der Waals surface area contributed by atoms with E-state index >= 15 is 0 Å². The molecule has 0 N–H and O–H groups in total. The first kappa shape index (κ1) is 18.1. The van der Waals surface area contributed by atoms with Gasteiger partial charge in [0.25, 0.3) is 5.91 Å². The highest BCUT2D eigenvalue weighted by Gasteiger charge is 2.54. The van der Waals surface area contributed by atoms with Gasteiger partial charge in [0.1, 0.15) is 5.60 Å². The minimum atomic E-state index is -0.166. The van der Waals surface area contributed by atoms with Crippen LogP contribution in [0.15, 0.2) is 48.8 Å². The summed E-state index contributed by atoms with van der Waals surface area (Å²) in [4.78, 5) is 18.6. The Labute approximate surface area is 160 Å². The molecule has 142 valence electrons. The first-order chi connectivity index (χ1) is 13.2. The van der Waals surface area contributed by atoms with E-state index < -0.39 is 0 Å². The monoisotopic (exact) mass is 366 g/mol. The highest BCUT2D eigenvalue weighted by molar-refractivity contribution is 5.95. The van der Waals surface area contributed by atoms with Crippen LogP contribution in [0.3, 0.4) is 0 Å². The Kier molecular flexibility index (Phi) is 5.23. The van der Waals surface area contributed by atoms with Gasteiger partial charge in [0, 0.05) is 31.2 Å². The number of hydrogen-bond acceptors (Lipinski definition) is 4. The van der Waals surface area contributed by atoms with E-state index in [0.29, 0.717) is 32.2 Å². The third-order valence-electron chi connectivity index (χ3n) is 5.73. The Morgan fingerprint density at radius 3 is 2.70 bits per heavy atom. The molecule has 1 aromatic carbocycles. The van der Waals surface area contributed by atoms with Crippen molar-refractivity contribution in [3.05, 3.63) is 65.5 Å². The standard InChI is InChI=1S/C22H26N2O3/c1-17-2-4-19(5-3-17)21(25)24-15-22(16-24)20(9-13-27-22)8-12-26-14-18-6-10-23-11-7-18/h2-7,10-11,20H,8-9,12-16H2,1H3/t20-/m0/s1. The van der Waals surface area contributed by atoms with Crippen LogP contribution in [-0.2, 0) is 16.1 Å². The van der Waals surface area contributed by atoms with E-state index in [9.17, 15) is 4.79 Å². The summed E-state index contributed by atoms with van der Waals surface area (Å²) in [5.74, 6) is 0.556. The minimum Gasteiger partial charge on any atom is -0.377 e. The highest BCUT2D eigenvalue weighted by atomic mass is 16.5. The largest absolute Gasteiger partial charge is 0.377 e. The fourth-order valence-electron chi connectivity index (χ4n) is 4.06. The molecule has 1 spiro atoms. The lowest BCUT2D eigenvalue weighted by Gasteiger charge is -2.50. The SMILES string of the molecule is Cc1ccc(C(=O)N2CC3(C2)OCC[C@@H]3CCOCc2ccncc2)cc1. The van der Waals surface area contributed by atoms with E-state index in [1.54, 1.807) is 12.4 Å². The predicted octanol–water partition coefficient (Wildman–Crippen LogP) is 3.23. The number of hydrogen-bond donors (Lipinski definition) is 0. The molecular formula is C22H26N2O3. The van der Waals surface area contributed by atoms with Gasteiger partial charge in [-0.1, -0.05) is 17.7 Å². The van der Waals surface area contributed by atoms with Crippen LogP contribution in [0.5, 0.6) is 0 Å². The average Bonchev–Trinajstić information content (AvgIpc) is 3.09. The summed E-state index contributed by atoms with van der Waals surface area (Å²) in [5, 5.41) is 0. The summed E-state index contributed by atoms with van der Waals surface area (Å²) >= 11 is 0. The molecule has 4 rings (SSSR count). The van der Waals surface area contributed by atoms with Gasteiger partial charge in [-0.2, -0.15) is 0 Å². The number of amides is 1. The summed E-state index contributed by atoms with van der Waals surface area (Å²) in [5.41, 5.74) is 2.89. The fraction of sp³-hybridized carbons (Fsp3) is 0.455. The van der Waals surface area contributed by atoms with Gasteiger partial charge in [-0.3, -0.25) is 9.78 Å². The molecule has 0 radical (unpaired) electrons. The number of carbonyl (C=O) groups excluding carboxylic acids is 1. The van der Waals surface area contributed by atoms with Gasteiger partial charge in [-0.05, 0) is 55.5 Å². The van der Waals surface area contributed by atoms with Crippen LogP contribution in [0, 0.1) is 12.8 Å². The van der Waals surface area contributed by atoms with Gasteiger partial charge in [-0.15, -0.1) is 0 Å². The van der Waals surface area contributed by atoms with Crippen LogP contribution in [0.25, 0.3) is 0 Å². The summed E-state index contributed by atoms with van der Waals surface area (Å²) < 4.78 is 11.9. The zero-order valence-electron chi connectivity index (χ0n) is 15.8. The second-order valence-electron chi connectivity index (χ2n) is 7.62. The summed E-state index contributed by atoms with van der Waals surface area (Å²) in [6.07, 6.45) is 5.59. The molecule has 5 heteroatoms. The molecule has 1 aromatic heterocycles. The normalized spacial score (nSPS) is 20.6. The van der Waals surface area contributed by atoms with E-state index in [2.05, 4.69) is 4.98 Å². The van der Waals surface area contributed by atoms with Gasteiger partial charge in [-0.25, -0.2) is 0 Å². The summed E-state index contributed by atoms with van der Waals surface area (Å²) in [7, 11) is 0. The van der Waals surface area contributed by atoms with Crippen LogP contribution >= 0.6 is 0 Å². The van der Waals surface area contributed by atoms with Crippen molar-refractivity contribution in [3.8, 4) is 0 Å². The molecule has 2 aliphatic heterocycles. The lowest BCUT2D eigenvalue weighted by molar-refractivity contribution is -0.120. The van der Waals surface area contributed by atoms with Gasteiger partial charge < -0.3 is 14.4 Å². The Balaban J connectivity index is 1.26. The molecule has 1 atom stereocenters. The van der Waals surface area contributed by atoms with E-state index in [0.717, 1.165) is 36.1 Å². The fourth-order valence-corrected chi connectivity index (χ4v) is 4.06. The molecular weight excluding hydrogens is 340 g/mol. The number of nitrogens with zero attached hydrogens (tertiary/aromatic N) is 2. The lowest BCUT2D eigenvalue weighted by Crippen LogP contribution is -2.66. The average molecular weight is 366 g/mol. The van der Waals surface area contributed by atoms with Crippen LogP contribution in [0.2, 0.25) is 0 Å². The summed E-state index contributed by atoms with van der Waals surface area (Å²) in [6, 6.07) is 11.7. The molecule has 2 saturated heterocycles. The number of benzene rings is 1. The van der Waals surface area contributed by atoms with E-state index in [-0.39, 0.29) is 11.5 Å². The second kappa shape index (κ2) is 7.79. The molecule has 0 bridgehead atoms. The molecule has 2 aliphatic rings. The smallest absolute Gasteiger partial charge is 0.254 e. The summed E-state index contributed by atoms with van der Waals surface area (Å²) in [6.45, 7) is 5.51. The topological polar surface area (TPSA) is 51.7 Å². The Morgan fingerprint density at radius 2 is 1.96 bits per heavy atom. The van der Waals surface area contributed by atoms with Gasteiger partial charge in [0.2, 0.25) is 0 Å². The molecule has 27 heavy (non-hydrogen) atoms. The van der Waals surface area contributed by atoms with Crippen molar-refractivity contribution in [1.82, 2.24) is 9.88 Å². The van der Waals surface area contributed by atoms with Crippen molar-refractivity contribution in [2.45, 2.75) is 32.0 Å². The maximum absolute atomic E-state index is 12.6. The van der Waals surface area contributed by atoms with Gasteiger partial charge >= 0.3 is 0 Å². The minimum absolute atomic E-state index is 0.101. The third-order valence-corrected chi connectivity index (χ3v) is 5.73. The Morgan fingerprint density at radius 1 is 1.22 bits per heavy atom. The zero-order valence-corrected chi connectivity index (χ0v) is 15.8. The van der Waals surface area contributed by atoms with Crippen molar-refractivity contribution in [1.29, 1.82) is 0 Å². The number of likely N-dealkylation sites (tertiary alicyclic amines) is 1. The molecule has 5 nitrogen and oxygen atoms in total. The van der Waals surface area contributed by atoms with Crippen LogP contribution in [0.4, 0.5) is 0 Å². The first-order valence-electron chi connectivity index (χ1n) is 9.63. The first-order valence-corrected chi connectivity index (χ1v) is 9.63. The molecule has 3 heterocycles. The maximum Gasteiger partial charge on any atom is 0.254 e. The quantitative estimate of drug-likeness (QED) is 0.737. The third kappa shape index (κ3) is 3.89. The van der Waals surface area contributed by atoms with Crippen LogP contribution in [0.1, 0.15) is 34.3 Å². The molecule has 1 amide bonds. The maximum atomic E-state index is 12.6. The van der Waals surface area contributed by atoms with Gasteiger partial charge in [0.05, 0.1) is 19.7 Å². The van der Waals surface area contributed by atoms with E-state index in [1.807, 2.05) is 48.2 Å². The molecule has 0 aliphatic carbocycles. The predicted molar refractivity (Wildman–Crippen MR) is 102 cm³/mol. The second-order valence-corrected chi connectivity index (χ2v) is 7.62.